The molecule has 68 heavy (non-hydrogen) atoms. The molecule has 0 amide bonds. The van der Waals surface area contributed by atoms with Crippen LogP contribution in [-0.4, -0.2) is 0 Å². The molecule has 6 aliphatic rings. The molecule has 0 aromatic heterocycles. The Morgan fingerprint density at radius 1 is 0.338 bits per heavy atom. The lowest BCUT2D eigenvalue weighted by molar-refractivity contribution is -0.0399. The Bertz CT molecular complexity index is 3400. The summed E-state index contributed by atoms with van der Waals surface area (Å²) in [5, 5.41) is 0. The number of fused-ring (bicyclic) bond motifs is 6. The lowest BCUT2D eigenvalue weighted by atomic mass is 9.43. The van der Waals surface area contributed by atoms with E-state index in [1.54, 1.807) is 11.1 Å². The number of hydrogen-bond acceptors (Lipinski definition) is 1. The normalized spacial score (nSPS) is 21.9. The number of hydrogen-bond donors (Lipinski definition) is 0. The molecule has 4 bridgehead atoms. The fraction of sp³-hybridized carbons (Fsp3) is 0.194. The van der Waals surface area contributed by atoms with E-state index in [2.05, 4.69) is 231 Å². The van der Waals surface area contributed by atoms with Gasteiger partial charge in [0.15, 0.2) is 0 Å². The first-order chi connectivity index (χ1) is 33.4. The maximum Gasteiger partial charge on any atom is 0.0540 e. The summed E-state index contributed by atoms with van der Waals surface area (Å²) in [6, 6.07) is 80.4. The minimum Gasteiger partial charge on any atom is -0.310 e. The van der Waals surface area contributed by atoms with E-state index >= 15 is 0 Å². The van der Waals surface area contributed by atoms with Crippen molar-refractivity contribution in [3.05, 3.63) is 235 Å². The van der Waals surface area contributed by atoms with Crippen LogP contribution in [0.2, 0.25) is 0 Å². The van der Waals surface area contributed by atoms with Gasteiger partial charge in [-0.1, -0.05) is 196 Å². The van der Waals surface area contributed by atoms with Crippen LogP contribution >= 0.6 is 0 Å². The summed E-state index contributed by atoms with van der Waals surface area (Å²) < 4.78 is 0. The van der Waals surface area contributed by atoms with Gasteiger partial charge in [-0.25, -0.2) is 0 Å². The van der Waals surface area contributed by atoms with Gasteiger partial charge in [0.1, 0.15) is 0 Å². The van der Waals surface area contributed by atoms with Crippen molar-refractivity contribution < 1.29 is 0 Å². The molecule has 0 radical (unpaired) electrons. The van der Waals surface area contributed by atoms with E-state index in [-0.39, 0.29) is 10.8 Å². The van der Waals surface area contributed by atoms with Gasteiger partial charge in [-0.3, -0.25) is 0 Å². The average Bonchev–Trinajstić information content (AvgIpc) is 3.81. The summed E-state index contributed by atoms with van der Waals surface area (Å²) in [4.78, 5) is 2.59. The molecule has 9 aromatic rings. The highest BCUT2D eigenvalue weighted by molar-refractivity contribution is 5.94. The fourth-order valence-electron chi connectivity index (χ4n) is 14.8. The first-order valence-electron chi connectivity index (χ1n) is 25.2. The highest BCUT2D eigenvalue weighted by Crippen LogP contribution is 2.69. The van der Waals surface area contributed by atoms with Gasteiger partial charge >= 0.3 is 0 Å². The highest BCUT2D eigenvalue weighted by Gasteiger charge is 2.61. The Morgan fingerprint density at radius 2 is 0.824 bits per heavy atom. The van der Waals surface area contributed by atoms with Gasteiger partial charge in [-0.15, -0.1) is 0 Å². The Kier molecular flexibility index (Phi) is 8.89. The van der Waals surface area contributed by atoms with E-state index < -0.39 is 0 Å². The Labute approximate surface area is 401 Å². The SMILES string of the molecule is CC1(C)c2ccccc2-c2cccc(-c3cccc(N(c4ccc5c(c4)C4(c6ccccc6-5)C5CC6CC(C5)CC4C6)c4ccccc4-c4ccc(-c5ccc(-c6ccccc6)cc5)cc4)c3)c21. The minimum atomic E-state index is -0.122. The third kappa shape index (κ3) is 5.87. The molecule has 1 heteroatoms. The maximum atomic E-state index is 2.66. The van der Waals surface area contributed by atoms with Crippen molar-refractivity contribution >= 4 is 17.1 Å². The van der Waals surface area contributed by atoms with E-state index in [1.807, 2.05) is 0 Å². The molecule has 9 aromatic carbocycles. The monoisotopic (exact) mass is 873 g/mol. The van der Waals surface area contributed by atoms with Gasteiger partial charge in [0, 0.05) is 27.8 Å². The second kappa shape index (κ2) is 15.1. The zero-order valence-electron chi connectivity index (χ0n) is 39.0. The molecule has 4 saturated carbocycles. The van der Waals surface area contributed by atoms with E-state index in [0.29, 0.717) is 11.8 Å². The van der Waals surface area contributed by atoms with Crippen LogP contribution in [0.1, 0.15) is 68.2 Å². The van der Waals surface area contributed by atoms with E-state index in [1.165, 1.54) is 127 Å². The van der Waals surface area contributed by atoms with Crippen molar-refractivity contribution in [3.8, 4) is 66.8 Å². The van der Waals surface area contributed by atoms with Crippen LogP contribution in [0, 0.1) is 23.7 Å². The van der Waals surface area contributed by atoms with Crippen molar-refractivity contribution in [3.63, 3.8) is 0 Å². The van der Waals surface area contributed by atoms with Crippen molar-refractivity contribution in [2.24, 2.45) is 23.7 Å². The van der Waals surface area contributed by atoms with Gasteiger partial charge in [0.2, 0.25) is 0 Å². The molecule has 4 fully saturated rings. The third-order valence-electron chi connectivity index (χ3n) is 17.5. The topological polar surface area (TPSA) is 3.24 Å². The molecule has 1 spiro atoms. The van der Waals surface area contributed by atoms with E-state index in [0.717, 1.165) is 11.8 Å². The van der Waals surface area contributed by atoms with Crippen molar-refractivity contribution in [2.45, 2.75) is 56.8 Å². The van der Waals surface area contributed by atoms with Crippen LogP contribution in [0.5, 0.6) is 0 Å². The number of rotatable bonds is 7. The standard InChI is InChI=1S/C67H55N/c1-66(2)61-23-9-6-20-58(61)60-22-13-21-56(65(60)66)50-16-12-17-53(41-50)68(54-34-35-59-57-19-7-10-24-62(57)67(63(59)42-54)51-37-43-36-44(39-51)40-52(67)38-43)64-25-11-8-18-55(64)49-32-30-48(31-33-49)47-28-26-46(27-29-47)45-14-4-3-5-15-45/h3-35,41-44,51-52H,36-40H2,1-2H3. The first-order valence-corrected chi connectivity index (χ1v) is 25.2. The van der Waals surface area contributed by atoms with Gasteiger partial charge < -0.3 is 4.90 Å². The van der Waals surface area contributed by atoms with Gasteiger partial charge in [0.25, 0.3) is 0 Å². The molecule has 0 atom stereocenters. The predicted octanol–water partition coefficient (Wildman–Crippen LogP) is 17.9. The first kappa shape index (κ1) is 39.9. The van der Waals surface area contributed by atoms with Crippen LogP contribution in [0.4, 0.5) is 17.1 Å². The molecule has 0 aliphatic heterocycles. The second-order valence-electron chi connectivity index (χ2n) is 21.3. The quantitative estimate of drug-likeness (QED) is 0.154. The molecular formula is C67H55N. The largest absolute Gasteiger partial charge is 0.310 e. The molecule has 6 aliphatic carbocycles. The summed E-state index contributed by atoms with van der Waals surface area (Å²) >= 11 is 0. The van der Waals surface area contributed by atoms with Crippen LogP contribution in [-0.2, 0) is 10.8 Å². The number of anilines is 3. The maximum absolute atomic E-state index is 2.66. The smallest absolute Gasteiger partial charge is 0.0540 e. The van der Waals surface area contributed by atoms with Crippen LogP contribution < -0.4 is 4.90 Å². The van der Waals surface area contributed by atoms with E-state index in [9.17, 15) is 0 Å². The Balaban J connectivity index is 0.925. The molecular weight excluding hydrogens is 819 g/mol. The summed E-state index contributed by atoms with van der Waals surface area (Å²) in [6.45, 7) is 4.81. The van der Waals surface area contributed by atoms with Gasteiger partial charge in [-0.2, -0.15) is 0 Å². The van der Waals surface area contributed by atoms with Crippen molar-refractivity contribution in [1.82, 2.24) is 0 Å². The summed E-state index contributed by atoms with van der Waals surface area (Å²) in [5.41, 5.74) is 25.1. The molecule has 0 N–H and O–H groups in total. The van der Waals surface area contributed by atoms with Gasteiger partial charge in [-0.05, 0) is 170 Å². The zero-order valence-corrected chi connectivity index (χ0v) is 39.0. The van der Waals surface area contributed by atoms with Crippen molar-refractivity contribution in [1.29, 1.82) is 0 Å². The van der Waals surface area contributed by atoms with Crippen molar-refractivity contribution in [2.75, 3.05) is 4.90 Å². The van der Waals surface area contributed by atoms with Crippen LogP contribution in [0.15, 0.2) is 212 Å². The lowest BCUT2D eigenvalue weighted by Crippen LogP contribution is -2.55. The van der Waals surface area contributed by atoms with Gasteiger partial charge in [0.05, 0.1) is 5.69 Å². The summed E-state index contributed by atoms with van der Waals surface area (Å²) in [6.07, 6.45) is 6.93. The molecule has 1 nitrogen and oxygen atoms in total. The predicted molar refractivity (Wildman–Crippen MR) is 284 cm³/mol. The summed E-state index contributed by atoms with van der Waals surface area (Å²) in [5.74, 6) is 3.18. The third-order valence-corrected chi connectivity index (χ3v) is 17.5. The number of para-hydroxylation sites is 1. The zero-order chi connectivity index (χ0) is 45.1. The average molecular weight is 874 g/mol. The number of nitrogens with zero attached hydrogens (tertiary/aromatic N) is 1. The Morgan fingerprint density at radius 3 is 1.51 bits per heavy atom. The highest BCUT2D eigenvalue weighted by atomic mass is 15.1. The van der Waals surface area contributed by atoms with E-state index in [4.69, 9.17) is 0 Å². The van der Waals surface area contributed by atoms with Crippen LogP contribution in [0.25, 0.3) is 66.8 Å². The molecule has 0 heterocycles. The minimum absolute atomic E-state index is 0.0721. The second-order valence-corrected chi connectivity index (χ2v) is 21.3. The molecule has 15 rings (SSSR count). The fourth-order valence-corrected chi connectivity index (χ4v) is 14.8. The Hall–Kier alpha value is -7.22. The molecule has 0 unspecified atom stereocenters. The summed E-state index contributed by atoms with van der Waals surface area (Å²) in [7, 11) is 0. The lowest BCUT2D eigenvalue weighted by Gasteiger charge is -2.61. The number of benzene rings is 9. The molecule has 0 saturated heterocycles. The molecule has 328 valence electrons. The van der Waals surface area contributed by atoms with Crippen LogP contribution in [0.3, 0.4) is 0 Å².